The van der Waals surface area contributed by atoms with Crippen LogP contribution in [0.3, 0.4) is 0 Å². The Morgan fingerprint density at radius 1 is 1.24 bits per heavy atom. The first kappa shape index (κ1) is 17.4. The SMILES string of the molecule is CON(C)CC(O)Cn1cc(NCc2ccc3ccccc3c2)cn1. The zero-order valence-corrected chi connectivity index (χ0v) is 14.6. The second kappa shape index (κ2) is 8.11. The molecule has 0 saturated carbocycles. The summed E-state index contributed by atoms with van der Waals surface area (Å²) in [7, 11) is 3.36. The molecule has 3 rings (SSSR count). The molecule has 0 fully saturated rings. The lowest BCUT2D eigenvalue weighted by molar-refractivity contribution is -0.129. The van der Waals surface area contributed by atoms with E-state index in [2.05, 4.69) is 46.8 Å². The summed E-state index contributed by atoms with van der Waals surface area (Å²) < 4.78 is 1.73. The Morgan fingerprint density at radius 3 is 2.84 bits per heavy atom. The highest BCUT2D eigenvalue weighted by Gasteiger charge is 2.09. The van der Waals surface area contributed by atoms with E-state index in [9.17, 15) is 5.11 Å². The molecule has 6 heteroatoms. The molecule has 0 aliphatic rings. The Labute approximate surface area is 147 Å². The van der Waals surface area contributed by atoms with Crippen molar-refractivity contribution in [3.8, 4) is 0 Å². The van der Waals surface area contributed by atoms with Crippen LogP contribution in [-0.2, 0) is 17.9 Å². The van der Waals surface area contributed by atoms with Crippen LogP contribution in [0.1, 0.15) is 5.56 Å². The zero-order chi connectivity index (χ0) is 17.6. The second-order valence-electron chi connectivity index (χ2n) is 6.13. The lowest BCUT2D eigenvalue weighted by atomic mass is 10.1. The van der Waals surface area contributed by atoms with E-state index in [0.29, 0.717) is 13.1 Å². The van der Waals surface area contributed by atoms with Gasteiger partial charge in [0.1, 0.15) is 0 Å². The molecule has 0 saturated heterocycles. The number of likely N-dealkylation sites (N-methyl/N-ethyl adjacent to an activating group) is 1. The van der Waals surface area contributed by atoms with Crippen LogP contribution < -0.4 is 5.32 Å². The first-order chi connectivity index (χ1) is 12.1. The number of rotatable bonds is 8. The van der Waals surface area contributed by atoms with E-state index in [4.69, 9.17) is 4.84 Å². The van der Waals surface area contributed by atoms with Gasteiger partial charge in [0.2, 0.25) is 0 Å². The van der Waals surface area contributed by atoms with Crippen LogP contribution in [0.2, 0.25) is 0 Å². The summed E-state index contributed by atoms with van der Waals surface area (Å²) in [6.45, 7) is 1.58. The zero-order valence-electron chi connectivity index (χ0n) is 14.6. The van der Waals surface area contributed by atoms with Gasteiger partial charge in [-0.1, -0.05) is 36.4 Å². The van der Waals surface area contributed by atoms with Gasteiger partial charge in [0, 0.05) is 19.8 Å². The lowest BCUT2D eigenvalue weighted by Gasteiger charge is -2.17. The highest BCUT2D eigenvalue weighted by atomic mass is 16.7. The van der Waals surface area contributed by atoms with Crippen LogP contribution in [0.5, 0.6) is 0 Å². The molecular formula is C19H24N4O2. The Hall–Kier alpha value is -2.41. The van der Waals surface area contributed by atoms with Gasteiger partial charge in [0.25, 0.3) is 0 Å². The maximum absolute atomic E-state index is 10.0. The van der Waals surface area contributed by atoms with Crippen LogP contribution >= 0.6 is 0 Å². The molecule has 132 valence electrons. The molecule has 6 nitrogen and oxygen atoms in total. The minimum absolute atomic E-state index is 0.422. The number of nitrogens with one attached hydrogen (secondary N) is 1. The molecule has 2 aromatic carbocycles. The summed E-state index contributed by atoms with van der Waals surface area (Å²) in [5.41, 5.74) is 2.15. The quantitative estimate of drug-likeness (QED) is 0.617. The molecule has 2 N–H and O–H groups in total. The number of aliphatic hydroxyl groups is 1. The van der Waals surface area contributed by atoms with Gasteiger partial charge in [0.15, 0.2) is 0 Å². The Balaban J connectivity index is 1.55. The number of hydroxylamine groups is 2. The van der Waals surface area contributed by atoms with Gasteiger partial charge in [-0.3, -0.25) is 4.68 Å². The summed E-state index contributed by atoms with van der Waals surface area (Å²) in [6.07, 6.45) is 3.13. The fourth-order valence-corrected chi connectivity index (χ4v) is 2.75. The highest BCUT2D eigenvalue weighted by molar-refractivity contribution is 5.83. The highest BCUT2D eigenvalue weighted by Crippen LogP contribution is 2.16. The van der Waals surface area contributed by atoms with Crippen LogP contribution in [0, 0.1) is 0 Å². The Bertz CT molecular complexity index is 818. The average Bonchev–Trinajstić information content (AvgIpc) is 3.06. The maximum atomic E-state index is 10.0. The third kappa shape index (κ3) is 4.79. The van der Waals surface area contributed by atoms with Gasteiger partial charge < -0.3 is 15.3 Å². The van der Waals surface area contributed by atoms with Crippen molar-refractivity contribution in [2.75, 3.05) is 26.0 Å². The molecule has 0 aliphatic heterocycles. The summed E-state index contributed by atoms with van der Waals surface area (Å²) in [5, 5.41) is 21.8. The van der Waals surface area contributed by atoms with Gasteiger partial charge in [-0.25, -0.2) is 0 Å². The maximum Gasteiger partial charge on any atom is 0.0885 e. The van der Waals surface area contributed by atoms with Crippen LogP contribution in [0.15, 0.2) is 54.9 Å². The van der Waals surface area contributed by atoms with Gasteiger partial charge in [0.05, 0.1) is 38.2 Å². The van der Waals surface area contributed by atoms with E-state index in [-0.39, 0.29) is 0 Å². The number of aromatic nitrogens is 2. The topological polar surface area (TPSA) is 62.6 Å². The van der Waals surface area contributed by atoms with Gasteiger partial charge in [-0.15, -0.1) is 0 Å². The summed E-state index contributed by atoms with van der Waals surface area (Å²) in [5.74, 6) is 0. The van der Waals surface area contributed by atoms with Gasteiger partial charge in [-0.2, -0.15) is 10.2 Å². The van der Waals surface area contributed by atoms with Crippen LogP contribution in [0.4, 0.5) is 5.69 Å². The van der Waals surface area contributed by atoms with Gasteiger partial charge in [-0.05, 0) is 22.4 Å². The van der Waals surface area contributed by atoms with E-state index in [1.165, 1.54) is 16.3 Å². The Kier molecular flexibility index (Phi) is 5.65. The molecule has 0 bridgehead atoms. The van der Waals surface area contributed by atoms with E-state index in [0.717, 1.165) is 12.2 Å². The number of hydrogen-bond donors (Lipinski definition) is 2. The third-order valence-electron chi connectivity index (χ3n) is 4.12. The van der Waals surface area contributed by atoms with Crippen molar-refractivity contribution in [3.05, 3.63) is 60.4 Å². The normalized spacial score (nSPS) is 12.6. The number of anilines is 1. The predicted octanol–water partition coefficient (Wildman–Crippen LogP) is 2.50. The first-order valence-corrected chi connectivity index (χ1v) is 8.31. The minimum atomic E-state index is -0.543. The van der Waals surface area contributed by atoms with Crippen molar-refractivity contribution in [1.29, 1.82) is 0 Å². The first-order valence-electron chi connectivity index (χ1n) is 8.31. The van der Waals surface area contributed by atoms with E-state index < -0.39 is 6.10 Å². The minimum Gasteiger partial charge on any atom is -0.390 e. The van der Waals surface area contributed by atoms with Crippen LogP contribution in [0.25, 0.3) is 10.8 Å². The van der Waals surface area contributed by atoms with Crippen molar-refractivity contribution in [2.24, 2.45) is 0 Å². The second-order valence-corrected chi connectivity index (χ2v) is 6.13. The number of benzene rings is 2. The standard InChI is InChI=1S/C19H24N4O2/c1-22(25-2)13-19(24)14-23-12-18(11-21-23)20-10-15-7-8-16-5-3-4-6-17(16)9-15/h3-9,11-12,19-20,24H,10,13-14H2,1-2H3. The van der Waals surface area contributed by atoms with Crippen molar-refractivity contribution in [2.45, 2.75) is 19.2 Å². The predicted molar refractivity (Wildman–Crippen MR) is 99.1 cm³/mol. The van der Waals surface area contributed by atoms with Crippen molar-refractivity contribution >= 4 is 16.5 Å². The van der Waals surface area contributed by atoms with Crippen molar-refractivity contribution in [3.63, 3.8) is 0 Å². The molecule has 1 heterocycles. The fraction of sp³-hybridized carbons (Fsp3) is 0.316. The van der Waals surface area contributed by atoms with Gasteiger partial charge >= 0.3 is 0 Å². The number of hydrogen-bond acceptors (Lipinski definition) is 5. The molecule has 1 atom stereocenters. The summed E-state index contributed by atoms with van der Waals surface area (Å²) in [6, 6.07) is 14.8. The lowest BCUT2D eigenvalue weighted by Crippen LogP contribution is -2.31. The molecule has 0 aliphatic carbocycles. The van der Waals surface area contributed by atoms with E-state index in [1.807, 2.05) is 12.3 Å². The molecule has 0 radical (unpaired) electrons. The third-order valence-corrected chi connectivity index (χ3v) is 4.12. The average molecular weight is 340 g/mol. The number of aliphatic hydroxyl groups excluding tert-OH is 1. The Morgan fingerprint density at radius 2 is 2.04 bits per heavy atom. The fourth-order valence-electron chi connectivity index (χ4n) is 2.75. The monoisotopic (exact) mass is 340 g/mol. The molecule has 1 unspecified atom stereocenters. The number of nitrogens with zero attached hydrogens (tertiary/aromatic N) is 3. The molecule has 25 heavy (non-hydrogen) atoms. The smallest absolute Gasteiger partial charge is 0.0885 e. The summed E-state index contributed by atoms with van der Waals surface area (Å²) in [4.78, 5) is 5.01. The number of fused-ring (bicyclic) bond motifs is 1. The molecule has 3 aromatic rings. The molecular weight excluding hydrogens is 316 g/mol. The summed E-state index contributed by atoms with van der Waals surface area (Å²) >= 11 is 0. The van der Waals surface area contributed by atoms with Crippen molar-refractivity contribution in [1.82, 2.24) is 14.8 Å². The van der Waals surface area contributed by atoms with E-state index in [1.54, 1.807) is 30.1 Å². The van der Waals surface area contributed by atoms with Crippen LogP contribution in [-0.4, -0.2) is 46.8 Å². The van der Waals surface area contributed by atoms with Crippen molar-refractivity contribution < 1.29 is 9.94 Å². The molecule has 1 aromatic heterocycles. The van der Waals surface area contributed by atoms with E-state index >= 15 is 0 Å². The molecule has 0 amide bonds. The largest absolute Gasteiger partial charge is 0.390 e. The molecule has 0 spiro atoms.